The van der Waals surface area contributed by atoms with E-state index in [1.807, 2.05) is 18.2 Å². The smallest absolute Gasteiger partial charge is 0.201 e. The van der Waals surface area contributed by atoms with E-state index in [-0.39, 0.29) is 6.10 Å². The number of hydrogen-bond donors (Lipinski definition) is 1. The lowest BCUT2D eigenvalue weighted by Crippen LogP contribution is -2.19. The van der Waals surface area contributed by atoms with E-state index in [2.05, 4.69) is 16.5 Å². The Morgan fingerprint density at radius 2 is 2.37 bits per heavy atom. The second-order valence-electron chi connectivity index (χ2n) is 5.06. The normalized spacial score (nSPS) is 23.1. The first-order valence-electron chi connectivity index (χ1n) is 6.60. The molecule has 0 amide bonds. The Bertz CT molecular complexity index is 594. The molecule has 2 aromatic rings. The largest absolute Gasteiger partial charge is 0.497 e. The molecule has 2 heterocycles. The molecule has 1 aliphatic heterocycles. The van der Waals surface area contributed by atoms with Crippen molar-refractivity contribution in [3.8, 4) is 5.75 Å². The number of hydrogen-bond acceptors (Lipinski definition) is 4. The van der Waals surface area contributed by atoms with Crippen LogP contribution in [0, 0.1) is 5.92 Å². The van der Waals surface area contributed by atoms with Crippen molar-refractivity contribution in [3.05, 3.63) is 18.2 Å². The molecule has 0 saturated carbocycles. The molecule has 2 unspecified atom stereocenters. The molecule has 0 aliphatic carbocycles. The lowest BCUT2D eigenvalue weighted by molar-refractivity contribution is 0.102. The van der Waals surface area contributed by atoms with Crippen LogP contribution in [0.25, 0.3) is 11.0 Å². The summed E-state index contributed by atoms with van der Waals surface area (Å²) in [7, 11) is 1.66. The van der Waals surface area contributed by atoms with E-state index in [0.717, 1.165) is 36.4 Å². The van der Waals surface area contributed by atoms with Gasteiger partial charge in [0.05, 0.1) is 24.2 Å². The average molecular weight is 261 g/mol. The van der Waals surface area contributed by atoms with Gasteiger partial charge in [0.25, 0.3) is 0 Å². The van der Waals surface area contributed by atoms with Gasteiger partial charge in [-0.05, 0) is 25.5 Å². The molecule has 1 aromatic heterocycles. The third kappa shape index (κ3) is 2.14. The molecule has 2 N–H and O–H groups in total. The predicted octanol–water partition coefficient (Wildman–Crippen LogP) is 2.05. The highest BCUT2D eigenvalue weighted by atomic mass is 16.5. The first-order valence-corrected chi connectivity index (χ1v) is 6.60. The standard InChI is InChI=1S/C14H19N3O2/c1-9-10(5-6-19-9)8-17-13-7-11(18-2)3-4-12(13)16-14(17)15/h3-4,7,9-10H,5-6,8H2,1-2H3,(H2,15,16). The molecule has 1 saturated heterocycles. The van der Waals surface area contributed by atoms with Crippen LogP contribution in [0.15, 0.2) is 18.2 Å². The zero-order valence-electron chi connectivity index (χ0n) is 11.3. The van der Waals surface area contributed by atoms with E-state index < -0.39 is 0 Å². The molecule has 5 nitrogen and oxygen atoms in total. The molecule has 5 heteroatoms. The summed E-state index contributed by atoms with van der Waals surface area (Å²) in [5.41, 5.74) is 7.97. The highest BCUT2D eigenvalue weighted by Gasteiger charge is 2.25. The summed E-state index contributed by atoms with van der Waals surface area (Å²) in [6.45, 7) is 3.80. The monoisotopic (exact) mass is 261 g/mol. The Morgan fingerprint density at radius 1 is 1.53 bits per heavy atom. The summed E-state index contributed by atoms with van der Waals surface area (Å²) in [5.74, 6) is 1.87. The molecule has 1 fully saturated rings. The molecule has 102 valence electrons. The van der Waals surface area contributed by atoms with Crippen molar-refractivity contribution in [2.24, 2.45) is 5.92 Å². The minimum Gasteiger partial charge on any atom is -0.497 e. The number of nitrogen functional groups attached to an aromatic ring is 1. The van der Waals surface area contributed by atoms with Gasteiger partial charge < -0.3 is 19.8 Å². The number of aromatic nitrogens is 2. The van der Waals surface area contributed by atoms with Gasteiger partial charge in [-0.15, -0.1) is 0 Å². The van der Waals surface area contributed by atoms with Crippen molar-refractivity contribution in [2.75, 3.05) is 19.5 Å². The van der Waals surface area contributed by atoms with Crippen LogP contribution < -0.4 is 10.5 Å². The maximum Gasteiger partial charge on any atom is 0.201 e. The highest BCUT2D eigenvalue weighted by molar-refractivity contribution is 5.79. The van der Waals surface area contributed by atoms with Crippen molar-refractivity contribution in [1.29, 1.82) is 0 Å². The van der Waals surface area contributed by atoms with E-state index in [9.17, 15) is 0 Å². The van der Waals surface area contributed by atoms with E-state index in [1.54, 1.807) is 7.11 Å². The Hall–Kier alpha value is -1.75. The van der Waals surface area contributed by atoms with Gasteiger partial charge in [0.1, 0.15) is 5.75 Å². The van der Waals surface area contributed by atoms with E-state index >= 15 is 0 Å². The van der Waals surface area contributed by atoms with Crippen LogP contribution in [-0.2, 0) is 11.3 Å². The van der Waals surface area contributed by atoms with Gasteiger partial charge in [-0.2, -0.15) is 0 Å². The Kier molecular flexibility index (Phi) is 3.06. The van der Waals surface area contributed by atoms with Crippen molar-refractivity contribution < 1.29 is 9.47 Å². The van der Waals surface area contributed by atoms with Crippen molar-refractivity contribution in [2.45, 2.75) is 26.0 Å². The van der Waals surface area contributed by atoms with Crippen LogP contribution in [0.1, 0.15) is 13.3 Å². The zero-order valence-corrected chi connectivity index (χ0v) is 11.3. The predicted molar refractivity (Wildman–Crippen MR) is 74.2 cm³/mol. The topological polar surface area (TPSA) is 62.3 Å². The maximum absolute atomic E-state index is 6.04. The number of nitrogens with zero attached hydrogens (tertiary/aromatic N) is 2. The number of nitrogens with two attached hydrogens (primary N) is 1. The number of anilines is 1. The summed E-state index contributed by atoms with van der Waals surface area (Å²) in [6.07, 6.45) is 1.35. The summed E-state index contributed by atoms with van der Waals surface area (Å²) in [6, 6.07) is 5.83. The molecule has 2 atom stereocenters. The van der Waals surface area contributed by atoms with Gasteiger partial charge >= 0.3 is 0 Å². The molecule has 3 rings (SSSR count). The second-order valence-corrected chi connectivity index (χ2v) is 5.06. The third-order valence-corrected chi connectivity index (χ3v) is 3.94. The van der Waals surface area contributed by atoms with Gasteiger partial charge in [0, 0.05) is 25.1 Å². The van der Waals surface area contributed by atoms with Crippen LogP contribution in [0.2, 0.25) is 0 Å². The van der Waals surface area contributed by atoms with Crippen LogP contribution >= 0.6 is 0 Å². The van der Waals surface area contributed by atoms with Crippen LogP contribution in [0.3, 0.4) is 0 Å². The minimum absolute atomic E-state index is 0.280. The number of benzene rings is 1. The van der Waals surface area contributed by atoms with Crippen LogP contribution in [0.4, 0.5) is 5.95 Å². The molecule has 1 aromatic carbocycles. The summed E-state index contributed by atoms with van der Waals surface area (Å²) >= 11 is 0. The van der Waals surface area contributed by atoms with E-state index in [0.29, 0.717) is 11.9 Å². The van der Waals surface area contributed by atoms with Crippen molar-refractivity contribution in [1.82, 2.24) is 9.55 Å². The number of fused-ring (bicyclic) bond motifs is 1. The number of imidazole rings is 1. The van der Waals surface area contributed by atoms with Gasteiger partial charge in [-0.1, -0.05) is 0 Å². The molecule has 0 bridgehead atoms. The van der Waals surface area contributed by atoms with Gasteiger partial charge in [-0.3, -0.25) is 0 Å². The molecular formula is C14H19N3O2. The quantitative estimate of drug-likeness (QED) is 0.918. The lowest BCUT2D eigenvalue weighted by Gasteiger charge is -2.16. The molecule has 19 heavy (non-hydrogen) atoms. The fraction of sp³-hybridized carbons (Fsp3) is 0.500. The fourth-order valence-electron chi connectivity index (χ4n) is 2.69. The average Bonchev–Trinajstić information content (AvgIpc) is 2.94. The molecule has 0 spiro atoms. The van der Waals surface area contributed by atoms with Crippen LogP contribution in [-0.4, -0.2) is 29.4 Å². The number of methoxy groups -OCH3 is 1. The molecule has 1 aliphatic rings. The lowest BCUT2D eigenvalue weighted by atomic mass is 10.0. The van der Waals surface area contributed by atoms with Crippen molar-refractivity contribution in [3.63, 3.8) is 0 Å². The van der Waals surface area contributed by atoms with Gasteiger partial charge in [0.15, 0.2) is 0 Å². The third-order valence-electron chi connectivity index (χ3n) is 3.94. The molecular weight excluding hydrogens is 242 g/mol. The summed E-state index contributed by atoms with van der Waals surface area (Å²) in [5, 5.41) is 0. The van der Waals surface area contributed by atoms with Gasteiger partial charge in [-0.25, -0.2) is 4.98 Å². The van der Waals surface area contributed by atoms with Crippen LogP contribution in [0.5, 0.6) is 5.75 Å². The Labute approximate surface area is 112 Å². The SMILES string of the molecule is COc1ccc2nc(N)n(CC3CCOC3C)c2c1. The minimum atomic E-state index is 0.280. The van der Waals surface area contributed by atoms with Crippen molar-refractivity contribution >= 4 is 17.0 Å². The number of ether oxygens (including phenoxy) is 2. The zero-order chi connectivity index (χ0) is 13.4. The van der Waals surface area contributed by atoms with E-state index in [4.69, 9.17) is 15.2 Å². The highest BCUT2D eigenvalue weighted by Crippen LogP contribution is 2.28. The summed E-state index contributed by atoms with van der Waals surface area (Å²) < 4.78 is 12.9. The maximum atomic E-state index is 6.04. The first kappa shape index (κ1) is 12.3. The molecule has 0 radical (unpaired) electrons. The fourth-order valence-corrected chi connectivity index (χ4v) is 2.69. The summed E-state index contributed by atoms with van der Waals surface area (Å²) in [4.78, 5) is 4.40. The Morgan fingerprint density at radius 3 is 3.05 bits per heavy atom. The first-order chi connectivity index (χ1) is 9.19. The Balaban J connectivity index is 1.99. The number of rotatable bonds is 3. The van der Waals surface area contributed by atoms with E-state index in [1.165, 1.54) is 0 Å². The van der Waals surface area contributed by atoms with Gasteiger partial charge in [0.2, 0.25) is 5.95 Å². The second kappa shape index (κ2) is 4.74.